The van der Waals surface area contributed by atoms with Gasteiger partial charge >= 0.3 is 0 Å². The van der Waals surface area contributed by atoms with Crippen molar-refractivity contribution < 1.29 is 4.79 Å². The Morgan fingerprint density at radius 3 is 2.10 bits per heavy atom. The first-order valence-electron chi connectivity index (χ1n) is 12.0. The van der Waals surface area contributed by atoms with E-state index in [9.17, 15) is 4.79 Å². The minimum Gasteiger partial charge on any atom is -0.353 e. The molecule has 1 aromatic carbocycles. The molecule has 0 spiro atoms. The van der Waals surface area contributed by atoms with Crippen LogP contribution in [0, 0.1) is 0 Å². The highest BCUT2D eigenvalue weighted by atomic mass is 16.2. The van der Waals surface area contributed by atoms with Gasteiger partial charge < -0.3 is 9.80 Å². The van der Waals surface area contributed by atoms with E-state index in [-0.39, 0.29) is 5.91 Å². The smallest absolute Gasteiger partial charge is 0.253 e. The molecule has 1 saturated carbocycles. The van der Waals surface area contributed by atoms with Crippen molar-refractivity contribution in [2.75, 3.05) is 44.2 Å². The molecule has 0 atom stereocenters. The number of hydrogen-bond donors (Lipinski definition) is 0. The zero-order chi connectivity index (χ0) is 21.0. The number of carbonyl (C=O) groups is 1. The van der Waals surface area contributed by atoms with Crippen LogP contribution in [0.3, 0.4) is 0 Å². The first-order valence-corrected chi connectivity index (χ1v) is 12.0. The summed E-state index contributed by atoms with van der Waals surface area (Å²) in [6.07, 6.45) is 8.99. The van der Waals surface area contributed by atoms with E-state index >= 15 is 0 Å². The summed E-state index contributed by atoms with van der Waals surface area (Å²) >= 11 is 0. The number of anilines is 1. The van der Waals surface area contributed by atoms with Crippen molar-refractivity contribution in [3.63, 3.8) is 0 Å². The lowest BCUT2D eigenvalue weighted by atomic mass is 10.1. The third-order valence-corrected chi connectivity index (χ3v) is 7.20. The van der Waals surface area contributed by atoms with Gasteiger partial charge in [0.05, 0.1) is 5.69 Å². The number of carbonyl (C=O) groups excluding carboxylic acids is 1. The molecule has 6 heteroatoms. The molecule has 1 aliphatic carbocycles. The highest BCUT2D eigenvalue weighted by molar-refractivity contribution is 5.94. The predicted molar refractivity (Wildman–Crippen MR) is 123 cm³/mol. The van der Waals surface area contributed by atoms with Gasteiger partial charge in [0.15, 0.2) is 5.82 Å². The second kappa shape index (κ2) is 9.35. The Labute approximate surface area is 185 Å². The Morgan fingerprint density at radius 2 is 1.45 bits per heavy atom. The molecule has 2 saturated heterocycles. The summed E-state index contributed by atoms with van der Waals surface area (Å²) in [7, 11) is 0. The molecule has 3 aliphatic rings. The fraction of sp³-hybridized carbons (Fsp3) is 0.560. The maximum Gasteiger partial charge on any atom is 0.253 e. The zero-order valence-electron chi connectivity index (χ0n) is 18.4. The van der Waals surface area contributed by atoms with Gasteiger partial charge in [-0.15, -0.1) is 10.2 Å². The Bertz CT molecular complexity index is 862. The molecule has 0 unspecified atom stereocenters. The van der Waals surface area contributed by atoms with Gasteiger partial charge in [-0.3, -0.25) is 9.69 Å². The number of hydrogen-bond acceptors (Lipinski definition) is 5. The Morgan fingerprint density at radius 1 is 0.742 bits per heavy atom. The maximum atomic E-state index is 12.7. The first-order chi connectivity index (χ1) is 15.3. The monoisotopic (exact) mass is 419 g/mol. The largest absolute Gasteiger partial charge is 0.353 e. The van der Waals surface area contributed by atoms with E-state index in [4.69, 9.17) is 0 Å². The van der Waals surface area contributed by atoms with E-state index in [1.54, 1.807) is 0 Å². The Balaban J connectivity index is 1.19. The van der Waals surface area contributed by atoms with E-state index in [0.29, 0.717) is 0 Å². The summed E-state index contributed by atoms with van der Waals surface area (Å²) in [4.78, 5) is 19.6. The van der Waals surface area contributed by atoms with Crippen molar-refractivity contribution in [1.82, 2.24) is 20.0 Å². The van der Waals surface area contributed by atoms with Gasteiger partial charge in [0.1, 0.15) is 0 Å². The molecule has 1 amide bonds. The molecular formula is C25H33N5O. The van der Waals surface area contributed by atoms with Gasteiger partial charge in [0, 0.05) is 56.4 Å². The van der Waals surface area contributed by atoms with Gasteiger partial charge in [-0.05, 0) is 56.4 Å². The second-order valence-corrected chi connectivity index (χ2v) is 9.17. The van der Waals surface area contributed by atoms with Crippen LogP contribution in [-0.2, 0) is 0 Å². The lowest BCUT2D eigenvalue weighted by Crippen LogP contribution is -2.50. The zero-order valence-corrected chi connectivity index (χ0v) is 18.4. The van der Waals surface area contributed by atoms with E-state index in [2.05, 4.69) is 26.1 Å². The Kier molecular flexibility index (Phi) is 6.16. The number of piperidine rings is 1. The average Bonchev–Trinajstić information content (AvgIpc) is 3.40. The summed E-state index contributed by atoms with van der Waals surface area (Å²) < 4.78 is 0. The standard InChI is InChI=1S/C25H33N5O/c31-25(30-14-4-1-5-15-30)21-10-8-20(9-11-21)23-12-13-24(27-26-23)29-18-16-28(17-19-29)22-6-2-3-7-22/h8-13,22H,1-7,14-19H2. The van der Waals surface area contributed by atoms with Crippen molar-refractivity contribution in [1.29, 1.82) is 0 Å². The van der Waals surface area contributed by atoms with Gasteiger partial charge in [0.2, 0.25) is 0 Å². The molecule has 6 nitrogen and oxygen atoms in total. The summed E-state index contributed by atoms with van der Waals surface area (Å²) in [5.41, 5.74) is 2.61. The highest BCUT2D eigenvalue weighted by Crippen LogP contribution is 2.26. The van der Waals surface area contributed by atoms with E-state index in [1.165, 1.54) is 32.1 Å². The number of aromatic nitrogens is 2. The highest BCUT2D eigenvalue weighted by Gasteiger charge is 2.26. The molecule has 1 aromatic heterocycles. The number of benzene rings is 1. The van der Waals surface area contributed by atoms with E-state index < -0.39 is 0 Å². The van der Waals surface area contributed by atoms with Crippen LogP contribution in [0.1, 0.15) is 55.3 Å². The summed E-state index contributed by atoms with van der Waals surface area (Å²) in [6.45, 7) is 6.06. The van der Waals surface area contributed by atoms with Crippen LogP contribution >= 0.6 is 0 Å². The minimum absolute atomic E-state index is 0.143. The van der Waals surface area contributed by atoms with Crippen LogP contribution in [0.5, 0.6) is 0 Å². The van der Waals surface area contributed by atoms with Crippen molar-refractivity contribution in [2.45, 2.75) is 51.0 Å². The number of rotatable bonds is 4. The van der Waals surface area contributed by atoms with Crippen LogP contribution in [0.4, 0.5) is 5.82 Å². The SMILES string of the molecule is O=C(c1ccc(-c2ccc(N3CCN(C4CCCC4)CC3)nn2)cc1)N1CCCCC1. The second-order valence-electron chi connectivity index (χ2n) is 9.17. The number of piperazine rings is 1. The molecule has 0 radical (unpaired) electrons. The molecule has 2 aromatic rings. The van der Waals surface area contributed by atoms with Crippen molar-refractivity contribution in [3.8, 4) is 11.3 Å². The fourth-order valence-corrected chi connectivity index (χ4v) is 5.30. The normalized spacial score (nSPS) is 20.9. The van der Waals surface area contributed by atoms with Gasteiger partial charge in [-0.25, -0.2) is 0 Å². The molecule has 3 heterocycles. The summed E-state index contributed by atoms with van der Waals surface area (Å²) in [6, 6.07) is 12.8. The molecule has 2 aliphatic heterocycles. The Hall–Kier alpha value is -2.47. The third kappa shape index (κ3) is 4.59. The molecule has 31 heavy (non-hydrogen) atoms. The van der Waals surface area contributed by atoms with Crippen LogP contribution < -0.4 is 4.90 Å². The summed E-state index contributed by atoms with van der Waals surface area (Å²) in [5, 5.41) is 9.00. The molecule has 0 bridgehead atoms. The van der Waals surface area contributed by atoms with Crippen molar-refractivity contribution >= 4 is 11.7 Å². The average molecular weight is 420 g/mol. The minimum atomic E-state index is 0.143. The van der Waals surface area contributed by atoms with Crippen molar-refractivity contribution in [2.24, 2.45) is 0 Å². The maximum absolute atomic E-state index is 12.7. The number of likely N-dealkylation sites (tertiary alicyclic amines) is 1. The lowest BCUT2D eigenvalue weighted by Gasteiger charge is -2.38. The van der Waals surface area contributed by atoms with Crippen LogP contribution in [0.2, 0.25) is 0 Å². The van der Waals surface area contributed by atoms with Gasteiger partial charge in [0.25, 0.3) is 5.91 Å². The predicted octanol–water partition coefficient (Wildman–Crippen LogP) is 3.83. The number of nitrogens with zero attached hydrogens (tertiary/aromatic N) is 5. The quantitative estimate of drug-likeness (QED) is 0.754. The van der Waals surface area contributed by atoms with Crippen LogP contribution in [-0.4, -0.2) is 71.2 Å². The van der Waals surface area contributed by atoms with Crippen LogP contribution in [0.25, 0.3) is 11.3 Å². The van der Waals surface area contributed by atoms with Gasteiger partial charge in [-0.1, -0.05) is 25.0 Å². The van der Waals surface area contributed by atoms with E-state index in [1.807, 2.05) is 35.2 Å². The molecule has 164 valence electrons. The molecule has 3 fully saturated rings. The molecule has 0 N–H and O–H groups in total. The first kappa shape index (κ1) is 20.4. The van der Waals surface area contributed by atoms with Gasteiger partial charge in [-0.2, -0.15) is 0 Å². The fourth-order valence-electron chi connectivity index (χ4n) is 5.30. The summed E-state index contributed by atoms with van der Waals surface area (Å²) in [5.74, 6) is 1.11. The van der Waals surface area contributed by atoms with Crippen LogP contribution in [0.15, 0.2) is 36.4 Å². The topological polar surface area (TPSA) is 52.6 Å². The van der Waals surface area contributed by atoms with E-state index in [0.717, 1.165) is 80.8 Å². The molecular weight excluding hydrogens is 386 g/mol. The molecule has 5 rings (SSSR count). The lowest BCUT2D eigenvalue weighted by molar-refractivity contribution is 0.0724. The van der Waals surface area contributed by atoms with Crippen molar-refractivity contribution in [3.05, 3.63) is 42.0 Å². The number of amides is 1. The third-order valence-electron chi connectivity index (χ3n) is 7.20.